The van der Waals surface area contributed by atoms with E-state index in [-0.39, 0.29) is 59.1 Å². The SMILES string of the molecule is O=P([O-])([O-])O.O=PO.[Na+].[Na+]. The molecular weight excluding hydrogens is 204 g/mol. The minimum Gasteiger partial charge on any atom is -0.790 e. The topological polar surface area (TPSA) is 121 Å². The summed E-state index contributed by atoms with van der Waals surface area (Å²) in [6, 6.07) is 0. The Bertz CT molecular complexity index is 87.7. The fourth-order valence-corrected chi connectivity index (χ4v) is 0. The third kappa shape index (κ3) is 182. The Morgan fingerprint density at radius 1 is 1.30 bits per heavy atom. The number of rotatable bonds is 0. The molecule has 0 aliphatic rings. The van der Waals surface area contributed by atoms with E-state index in [1.807, 2.05) is 0 Å². The van der Waals surface area contributed by atoms with Gasteiger partial charge in [0.2, 0.25) is 0 Å². The van der Waals surface area contributed by atoms with Gasteiger partial charge >= 0.3 is 67.8 Å². The van der Waals surface area contributed by atoms with Crippen molar-refractivity contribution in [1.29, 1.82) is 0 Å². The van der Waals surface area contributed by atoms with E-state index < -0.39 is 16.5 Å². The molecule has 0 aromatic heterocycles. The van der Waals surface area contributed by atoms with Crippen molar-refractivity contribution in [2.24, 2.45) is 0 Å². The smallest absolute Gasteiger partial charge is 0.790 e. The van der Waals surface area contributed by atoms with Crippen LogP contribution in [-0.4, -0.2) is 9.79 Å². The summed E-state index contributed by atoms with van der Waals surface area (Å²) in [6.07, 6.45) is 0. The van der Waals surface area contributed by atoms with Crippen LogP contribution in [0.15, 0.2) is 0 Å². The van der Waals surface area contributed by atoms with Crippen molar-refractivity contribution in [2.75, 3.05) is 0 Å². The molecule has 50 valence electrons. The second-order valence-electron chi connectivity index (χ2n) is 0.550. The molecule has 0 aromatic rings. The molecule has 0 atom stereocenters. The number of hydrogen-bond acceptors (Lipinski definition) is 4. The van der Waals surface area contributed by atoms with Crippen LogP contribution in [0.5, 0.6) is 0 Å². The molecule has 6 nitrogen and oxygen atoms in total. The van der Waals surface area contributed by atoms with E-state index in [4.69, 9.17) is 28.7 Å². The van der Waals surface area contributed by atoms with Gasteiger partial charge in [0.25, 0.3) is 0 Å². The van der Waals surface area contributed by atoms with Gasteiger partial charge in [-0.1, -0.05) is 0 Å². The Kier molecular flexibility index (Phi) is 31.3. The van der Waals surface area contributed by atoms with Crippen LogP contribution in [0.3, 0.4) is 0 Å². The largest absolute Gasteiger partial charge is 1.00 e. The van der Waals surface area contributed by atoms with Crippen molar-refractivity contribution >= 4 is 16.5 Å². The average Bonchev–Trinajstić information content (AvgIpc) is 1.27. The zero-order valence-corrected chi connectivity index (χ0v) is 11.2. The van der Waals surface area contributed by atoms with Crippen molar-refractivity contribution < 1.29 is 87.8 Å². The molecule has 0 amide bonds. The number of phosphoric acid groups is 1. The zero-order chi connectivity index (χ0) is 7.21. The van der Waals surface area contributed by atoms with E-state index in [2.05, 4.69) is 0 Å². The van der Waals surface area contributed by atoms with Gasteiger partial charge in [0.1, 0.15) is 0 Å². The summed E-state index contributed by atoms with van der Waals surface area (Å²) in [5, 5.41) is 0. The molecule has 0 heterocycles. The fourth-order valence-electron chi connectivity index (χ4n) is 0. The van der Waals surface area contributed by atoms with Gasteiger partial charge in [-0.25, -0.2) is 4.57 Å². The summed E-state index contributed by atoms with van der Waals surface area (Å²) < 4.78 is 17.1. The van der Waals surface area contributed by atoms with Gasteiger partial charge < -0.3 is 24.1 Å². The van der Waals surface area contributed by atoms with Gasteiger partial charge in [-0.15, -0.1) is 0 Å². The first-order chi connectivity index (χ1) is 3.41. The molecule has 0 bridgehead atoms. The van der Waals surface area contributed by atoms with E-state index in [1.54, 1.807) is 0 Å². The minimum atomic E-state index is -5.14. The van der Waals surface area contributed by atoms with Crippen LogP contribution in [0.4, 0.5) is 0 Å². The summed E-state index contributed by atoms with van der Waals surface area (Å²) in [6.45, 7) is 0. The monoisotopic (exact) mass is 206 g/mol. The molecular formula is H2Na2O6P2. The molecule has 0 saturated heterocycles. The molecule has 0 saturated carbocycles. The first kappa shape index (κ1) is 22.7. The van der Waals surface area contributed by atoms with Gasteiger partial charge in [0.15, 0.2) is 0 Å². The molecule has 0 unspecified atom stereocenters. The second-order valence-corrected chi connectivity index (χ2v) is 1.65. The maximum Gasteiger partial charge on any atom is 1.00 e. The van der Waals surface area contributed by atoms with Crippen molar-refractivity contribution in [3.63, 3.8) is 0 Å². The normalized spacial score (nSPS) is 8.00. The van der Waals surface area contributed by atoms with Gasteiger partial charge in [0, 0.05) is 0 Å². The molecule has 2 N–H and O–H groups in total. The minimum absolute atomic E-state index is 0. The summed E-state index contributed by atoms with van der Waals surface area (Å²) >= 11 is 0. The van der Waals surface area contributed by atoms with Crippen LogP contribution < -0.4 is 68.9 Å². The Morgan fingerprint density at radius 2 is 1.30 bits per heavy atom. The van der Waals surface area contributed by atoms with E-state index in [0.717, 1.165) is 0 Å². The van der Waals surface area contributed by atoms with Crippen LogP contribution in [-0.2, 0) is 9.13 Å². The average molecular weight is 206 g/mol. The summed E-state index contributed by atoms with van der Waals surface area (Å²) in [5.41, 5.74) is 0. The predicted molar refractivity (Wildman–Crippen MR) is 19.7 cm³/mol. The van der Waals surface area contributed by atoms with E-state index in [1.165, 1.54) is 0 Å². The van der Waals surface area contributed by atoms with Gasteiger partial charge in [-0.3, -0.25) is 0 Å². The number of hydrogen-bond donors (Lipinski definition) is 2. The van der Waals surface area contributed by atoms with E-state index in [9.17, 15) is 0 Å². The molecule has 10 heteroatoms. The first-order valence-corrected chi connectivity index (χ1v) is 3.39. The molecule has 0 aliphatic heterocycles. The molecule has 0 rings (SSSR count). The standard InChI is InChI=1S/2Na.H3O4P.HO2P/c;;1-5(2,3)4;1-3-2/h;;(H3,1,2,3,4);(H,1,2)/q2*+1;;/p-2. The van der Waals surface area contributed by atoms with Gasteiger partial charge in [-0.05, 0) is 0 Å². The first-order valence-electron chi connectivity index (χ1n) is 1.13. The molecule has 10 heavy (non-hydrogen) atoms. The second kappa shape index (κ2) is 13.7. The molecule has 0 fully saturated rings. The summed E-state index contributed by atoms with van der Waals surface area (Å²) in [5.74, 6) is 0. The molecule has 0 radical (unpaired) electrons. The Hall–Kier alpha value is 2.17. The third-order valence-electron chi connectivity index (χ3n) is 0. The van der Waals surface area contributed by atoms with Crippen molar-refractivity contribution in [3.8, 4) is 0 Å². The maximum atomic E-state index is 8.66. The van der Waals surface area contributed by atoms with Crippen LogP contribution in [0.1, 0.15) is 0 Å². The van der Waals surface area contributed by atoms with Crippen LogP contribution in [0.2, 0.25) is 0 Å². The van der Waals surface area contributed by atoms with Crippen LogP contribution in [0, 0.1) is 0 Å². The van der Waals surface area contributed by atoms with Crippen molar-refractivity contribution in [2.45, 2.75) is 0 Å². The summed E-state index contributed by atoms with van der Waals surface area (Å²) in [7, 11) is -5.97. The molecule has 0 aliphatic carbocycles. The fraction of sp³-hybridized carbons (Fsp3) is 0. The van der Waals surface area contributed by atoms with Gasteiger partial charge in [0.05, 0.1) is 7.82 Å². The van der Waals surface area contributed by atoms with Crippen LogP contribution in [0.25, 0.3) is 0 Å². The van der Waals surface area contributed by atoms with E-state index >= 15 is 0 Å². The van der Waals surface area contributed by atoms with Crippen molar-refractivity contribution in [3.05, 3.63) is 0 Å². The Morgan fingerprint density at radius 3 is 1.30 bits per heavy atom. The summed E-state index contributed by atoms with van der Waals surface area (Å²) in [4.78, 5) is 31.3. The Labute approximate surface area is 103 Å². The van der Waals surface area contributed by atoms with Crippen molar-refractivity contribution in [1.82, 2.24) is 0 Å². The zero-order valence-electron chi connectivity index (χ0n) is 5.42. The molecule has 0 aromatic carbocycles. The predicted octanol–water partition coefficient (Wildman–Crippen LogP) is -8.00. The van der Waals surface area contributed by atoms with Gasteiger partial charge in [-0.2, -0.15) is 0 Å². The third-order valence-corrected chi connectivity index (χ3v) is 0. The van der Waals surface area contributed by atoms with E-state index in [0.29, 0.717) is 0 Å². The maximum absolute atomic E-state index is 8.66. The van der Waals surface area contributed by atoms with Crippen LogP contribution >= 0.6 is 16.5 Å². The molecule has 0 spiro atoms. The Balaban J connectivity index is -0.0000000326. The quantitative estimate of drug-likeness (QED) is 0.300.